The van der Waals surface area contributed by atoms with E-state index in [1.54, 1.807) is 17.4 Å². The predicted molar refractivity (Wildman–Crippen MR) is 220 cm³/mol. The lowest BCUT2D eigenvalue weighted by Crippen LogP contribution is -2.57. The quantitative estimate of drug-likeness (QED) is 0.0859. The van der Waals surface area contributed by atoms with Crippen molar-refractivity contribution in [2.45, 2.75) is 84.7 Å². The number of ether oxygens (including phenoxy) is 2. The molecule has 3 heterocycles. The summed E-state index contributed by atoms with van der Waals surface area (Å²) in [5, 5.41) is 17.6. The van der Waals surface area contributed by atoms with E-state index in [-0.39, 0.29) is 43.2 Å². The minimum Gasteiger partial charge on any atom is -0.494 e. The predicted octanol–water partition coefficient (Wildman–Crippen LogP) is 6.44. The van der Waals surface area contributed by atoms with Crippen molar-refractivity contribution in [2.75, 3.05) is 20.3 Å². The van der Waals surface area contributed by atoms with E-state index in [1.807, 2.05) is 113 Å². The Labute approximate surface area is 337 Å². The summed E-state index contributed by atoms with van der Waals surface area (Å²) in [6, 6.07) is 21.0. The number of aliphatic hydroxyl groups is 1. The average Bonchev–Trinajstić information content (AvgIpc) is 3.93. The van der Waals surface area contributed by atoms with Crippen LogP contribution in [0.25, 0.3) is 21.3 Å². The number of rotatable bonds is 14. The number of nitrogens with zero attached hydrogens (tertiary/aromatic N) is 3. The number of carbonyl (C=O) groups is 4. The Bertz CT molecular complexity index is 2210. The molecule has 4 atom stereocenters. The number of aryl methyl sites for hydroxylation is 1. The molecular formula is C44H51N5O7S. The lowest BCUT2D eigenvalue weighted by Gasteiger charge is -2.35. The number of aromatic nitrogens is 2. The number of fused-ring (bicyclic) bond motifs is 1. The molecule has 3 N–H and O–H groups in total. The largest absolute Gasteiger partial charge is 0.494 e. The molecule has 12 nitrogen and oxygen atoms in total. The number of esters is 1. The normalized spacial score (nSPS) is 16.6. The minimum absolute atomic E-state index is 0.00162. The van der Waals surface area contributed by atoms with Crippen LogP contribution in [0.15, 0.2) is 84.5 Å². The number of thiazole rings is 1. The number of likely N-dealkylation sites (tertiary alicyclic amines) is 1. The molecule has 3 amide bonds. The fourth-order valence-corrected chi connectivity index (χ4v) is 7.94. The first-order valence-electron chi connectivity index (χ1n) is 19.2. The fraction of sp³-hybridized carbons (Fsp3) is 0.386. The number of hydrogen-bond donors (Lipinski definition) is 3. The highest BCUT2D eigenvalue weighted by Crippen LogP contribution is 2.30. The van der Waals surface area contributed by atoms with Gasteiger partial charge in [-0.3, -0.25) is 14.4 Å². The number of benzene rings is 3. The van der Waals surface area contributed by atoms with Gasteiger partial charge >= 0.3 is 5.97 Å². The maximum absolute atomic E-state index is 14.1. The Kier molecular flexibility index (Phi) is 12.8. The number of hydrogen-bond acceptors (Lipinski definition) is 9. The van der Waals surface area contributed by atoms with Crippen molar-refractivity contribution < 1.29 is 33.8 Å². The summed E-state index contributed by atoms with van der Waals surface area (Å²) in [4.78, 5) is 59.7. The van der Waals surface area contributed by atoms with Crippen LogP contribution in [-0.4, -0.2) is 81.7 Å². The molecule has 0 saturated carbocycles. The molecule has 0 aliphatic carbocycles. The smallest absolute Gasteiger partial charge is 0.337 e. The first-order chi connectivity index (χ1) is 27.2. The monoisotopic (exact) mass is 793 g/mol. The van der Waals surface area contributed by atoms with Crippen LogP contribution < -0.4 is 15.4 Å². The Morgan fingerprint density at radius 2 is 1.74 bits per heavy atom. The zero-order valence-electron chi connectivity index (χ0n) is 33.3. The lowest BCUT2D eigenvalue weighted by atomic mass is 9.85. The summed E-state index contributed by atoms with van der Waals surface area (Å²) in [5.41, 5.74) is 6.56. The summed E-state index contributed by atoms with van der Waals surface area (Å²) in [5.74, 6) is -0.774. The van der Waals surface area contributed by atoms with E-state index in [0.717, 1.165) is 38.2 Å². The Hall–Kier alpha value is -5.53. The van der Waals surface area contributed by atoms with Gasteiger partial charge in [0.1, 0.15) is 17.8 Å². The average molecular weight is 794 g/mol. The van der Waals surface area contributed by atoms with Crippen molar-refractivity contribution >= 4 is 45.9 Å². The topological polar surface area (TPSA) is 152 Å². The van der Waals surface area contributed by atoms with Crippen LogP contribution in [0.2, 0.25) is 0 Å². The summed E-state index contributed by atoms with van der Waals surface area (Å²) in [6.07, 6.45) is 1.79. The maximum atomic E-state index is 14.1. The maximum Gasteiger partial charge on any atom is 0.337 e. The van der Waals surface area contributed by atoms with Crippen LogP contribution in [-0.2, 0) is 25.7 Å². The molecule has 0 unspecified atom stereocenters. The molecule has 0 radical (unpaired) electrons. The van der Waals surface area contributed by atoms with Crippen LogP contribution in [0, 0.1) is 12.3 Å². The molecule has 1 fully saturated rings. The minimum atomic E-state index is -0.913. The highest BCUT2D eigenvalue weighted by Gasteiger charge is 2.44. The van der Waals surface area contributed by atoms with Gasteiger partial charge in [0.05, 0.1) is 47.5 Å². The second-order valence-electron chi connectivity index (χ2n) is 15.7. The fourth-order valence-electron chi connectivity index (χ4n) is 7.13. The van der Waals surface area contributed by atoms with Crippen LogP contribution in [0.5, 0.6) is 5.75 Å². The van der Waals surface area contributed by atoms with Crippen molar-refractivity contribution in [3.63, 3.8) is 0 Å². The first-order valence-corrected chi connectivity index (χ1v) is 20.1. The van der Waals surface area contributed by atoms with Crippen molar-refractivity contribution in [1.82, 2.24) is 25.1 Å². The zero-order valence-corrected chi connectivity index (χ0v) is 34.1. The van der Waals surface area contributed by atoms with Gasteiger partial charge in [0.15, 0.2) is 0 Å². The third-order valence-corrected chi connectivity index (χ3v) is 11.3. The summed E-state index contributed by atoms with van der Waals surface area (Å²) < 4.78 is 12.9. The molecule has 6 rings (SSSR count). The molecule has 13 heteroatoms. The third-order valence-electron chi connectivity index (χ3n) is 10.3. The number of carbonyl (C=O) groups excluding carboxylic acids is 4. The first kappa shape index (κ1) is 41.1. The second-order valence-corrected chi connectivity index (χ2v) is 16.5. The van der Waals surface area contributed by atoms with Gasteiger partial charge in [-0.1, -0.05) is 63.2 Å². The highest BCUT2D eigenvalue weighted by atomic mass is 32.1. The lowest BCUT2D eigenvalue weighted by molar-refractivity contribution is -0.144. The Balaban J connectivity index is 0.992. The summed E-state index contributed by atoms with van der Waals surface area (Å²) in [7, 11) is 1.37. The molecule has 5 aromatic rings. The van der Waals surface area contributed by atoms with Gasteiger partial charge in [0, 0.05) is 37.6 Å². The van der Waals surface area contributed by atoms with E-state index >= 15 is 0 Å². The van der Waals surface area contributed by atoms with Crippen LogP contribution >= 0.6 is 11.3 Å². The van der Waals surface area contributed by atoms with Crippen LogP contribution in [0.4, 0.5) is 0 Å². The van der Waals surface area contributed by atoms with Crippen molar-refractivity contribution in [3.8, 4) is 16.2 Å². The number of aliphatic hydroxyl groups excluding tert-OH is 1. The Morgan fingerprint density at radius 3 is 2.40 bits per heavy atom. The third kappa shape index (κ3) is 9.89. The number of nitrogens with one attached hydrogen (secondary N) is 2. The van der Waals surface area contributed by atoms with Crippen LogP contribution in [0.3, 0.4) is 0 Å². The van der Waals surface area contributed by atoms with E-state index < -0.39 is 29.5 Å². The van der Waals surface area contributed by atoms with Gasteiger partial charge in [-0.2, -0.15) is 0 Å². The van der Waals surface area contributed by atoms with E-state index in [1.165, 1.54) is 12.0 Å². The van der Waals surface area contributed by atoms with E-state index in [2.05, 4.69) is 20.2 Å². The molecule has 57 heavy (non-hydrogen) atoms. The number of β-amino-alcohol motifs (C(OH)–C–C–N with tert-alkyl or cyclic N) is 1. The molecule has 300 valence electrons. The molecule has 0 bridgehead atoms. The molecule has 0 spiro atoms. The second kappa shape index (κ2) is 17.7. The van der Waals surface area contributed by atoms with E-state index in [0.29, 0.717) is 30.9 Å². The molecule has 1 aliphatic heterocycles. The van der Waals surface area contributed by atoms with Crippen molar-refractivity contribution in [3.05, 3.63) is 107 Å². The van der Waals surface area contributed by atoms with Gasteiger partial charge in [-0.15, -0.1) is 11.3 Å². The Morgan fingerprint density at radius 1 is 1.00 bits per heavy atom. The zero-order chi connectivity index (χ0) is 40.9. The number of methoxy groups -OCH3 is 1. The van der Waals surface area contributed by atoms with Crippen molar-refractivity contribution in [1.29, 1.82) is 0 Å². The summed E-state index contributed by atoms with van der Waals surface area (Å²) in [6.45, 7) is 10.3. The standard InChI is InChI=1S/C44H51N5O7S/c1-27(30-11-14-32(15-12-30)39-28(2)45-26-57-39)46-41(52)37-23-34(50)25-49(37)42(53)40(44(3,4)5)47-38(51)8-7-21-56-35-17-9-29(10-18-35)24-48-20-19-31-13-16-33(22-36(31)48)43(54)55-6/h9-20,22,26-27,34,37,40,50H,7-8,21,23-25H2,1-6H3,(H,46,52)(H,47,51)/t27-,34+,37-,40+/m0/s1. The molecule has 1 aliphatic rings. The highest BCUT2D eigenvalue weighted by molar-refractivity contribution is 7.13. The van der Waals surface area contributed by atoms with Crippen molar-refractivity contribution in [2.24, 2.45) is 5.41 Å². The van der Waals surface area contributed by atoms with Gasteiger partial charge in [0.25, 0.3) is 0 Å². The SMILES string of the molecule is COC(=O)c1ccc2ccn(Cc3ccc(OCCCC(=O)N[C@H](C(=O)N4C[C@H](O)C[C@H]4C(=O)N[C@@H](C)c4ccc(-c5scnc5C)cc4)C(C)(C)C)cc3)c2c1. The van der Waals surface area contributed by atoms with Gasteiger partial charge in [0.2, 0.25) is 17.7 Å². The summed E-state index contributed by atoms with van der Waals surface area (Å²) >= 11 is 1.58. The molecule has 3 aromatic carbocycles. The van der Waals surface area contributed by atoms with E-state index in [4.69, 9.17) is 9.47 Å². The molecular weight excluding hydrogens is 743 g/mol. The van der Waals surface area contributed by atoms with Gasteiger partial charge in [-0.05, 0) is 78.1 Å². The van der Waals surface area contributed by atoms with E-state index in [9.17, 15) is 24.3 Å². The number of amides is 3. The van der Waals surface area contributed by atoms with Gasteiger partial charge < -0.3 is 34.7 Å². The molecule has 1 saturated heterocycles. The van der Waals surface area contributed by atoms with Gasteiger partial charge in [-0.25, -0.2) is 9.78 Å². The van der Waals surface area contributed by atoms with Crippen LogP contribution in [0.1, 0.15) is 80.2 Å². The molecule has 2 aromatic heterocycles.